The van der Waals surface area contributed by atoms with Crippen molar-refractivity contribution >= 4 is 11.8 Å². The molecule has 0 amide bonds. The summed E-state index contributed by atoms with van der Waals surface area (Å²) in [5.74, 6) is 2.67. The molecule has 0 aromatic carbocycles. The van der Waals surface area contributed by atoms with Crippen molar-refractivity contribution < 1.29 is 4.74 Å². The van der Waals surface area contributed by atoms with Gasteiger partial charge in [-0.3, -0.25) is 0 Å². The number of hydrogen-bond acceptors (Lipinski definition) is 3. The van der Waals surface area contributed by atoms with Crippen molar-refractivity contribution in [3.63, 3.8) is 0 Å². The second-order valence-corrected chi connectivity index (χ2v) is 5.84. The van der Waals surface area contributed by atoms with E-state index < -0.39 is 0 Å². The molecule has 2 heterocycles. The van der Waals surface area contributed by atoms with Crippen LogP contribution in [0.3, 0.4) is 0 Å². The summed E-state index contributed by atoms with van der Waals surface area (Å²) in [7, 11) is 0. The van der Waals surface area contributed by atoms with Gasteiger partial charge in [0, 0.05) is 18.7 Å². The zero-order chi connectivity index (χ0) is 10.5. The van der Waals surface area contributed by atoms with Crippen molar-refractivity contribution in [2.24, 2.45) is 0 Å². The molecule has 2 aliphatic heterocycles. The van der Waals surface area contributed by atoms with E-state index in [0.29, 0.717) is 12.1 Å². The highest BCUT2D eigenvalue weighted by atomic mass is 32.2. The maximum Gasteiger partial charge on any atom is 0.0728 e. The lowest BCUT2D eigenvalue weighted by Gasteiger charge is -2.30. The van der Waals surface area contributed by atoms with Crippen LogP contribution in [0.2, 0.25) is 0 Å². The highest BCUT2D eigenvalue weighted by Crippen LogP contribution is 2.21. The van der Waals surface area contributed by atoms with Crippen LogP contribution in [0.25, 0.3) is 0 Å². The van der Waals surface area contributed by atoms with Crippen molar-refractivity contribution in [2.75, 3.05) is 18.1 Å². The molecule has 0 unspecified atom stereocenters. The Bertz CT molecular complexity index is 176. The lowest BCUT2D eigenvalue weighted by Crippen LogP contribution is -2.46. The first-order valence-corrected chi connectivity index (χ1v) is 7.51. The van der Waals surface area contributed by atoms with E-state index in [0.717, 1.165) is 12.6 Å². The van der Waals surface area contributed by atoms with Gasteiger partial charge in [-0.25, -0.2) is 0 Å². The lowest BCUT2D eigenvalue weighted by atomic mass is 10.0. The van der Waals surface area contributed by atoms with Gasteiger partial charge in [-0.1, -0.05) is 6.92 Å². The molecular formula is C12H23NOS. The molecule has 2 saturated heterocycles. The number of rotatable bonds is 4. The molecular weight excluding hydrogens is 206 g/mol. The van der Waals surface area contributed by atoms with E-state index in [1.54, 1.807) is 0 Å². The molecule has 2 nitrogen and oxygen atoms in total. The molecule has 2 aliphatic rings. The van der Waals surface area contributed by atoms with Gasteiger partial charge < -0.3 is 10.1 Å². The zero-order valence-electron chi connectivity index (χ0n) is 9.71. The number of hydrogen-bond donors (Lipinski definition) is 1. The Morgan fingerprint density at radius 3 is 2.73 bits per heavy atom. The fraction of sp³-hybridized carbons (Fsp3) is 1.00. The first-order chi connectivity index (χ1) is 7.40. The highest BCUT2D eigenvalue weighted by molar-refractivity contribution is 7.99. The van der Waals surface area contributed by atoms with E-state index in [2.05, 4.69) is 24.0 Å². The van der Waals surface area contributed by atoms with Gasteiger partial charge >= 0.3 is 0 Å². The summed E-state index contributed by atoms with van der Waals surface area (Å²) in [5.41, 5.74) is 0. The molecule has 1 N–H and O–H groups in total. The summed E-state index contributed by atoms with van der Waals surface area (Å²) in [6, 6.07) is 1.35. The van der Waals surface area contributed by atoms with E-state index >= 15 is 0 Å². The predicted octanol–water partition coefficient (Wildman–Crippen LogP) is 2.43. The zero-order valence-corrected chi connectivity index (χ0v) is 10.5. The topological polar surface area (TPSA) is 21.3 Å². The molecule has 0 bridgehead atoms. The summed E-state index contributed by atoms with van der Waals surface area (Å²) < 4.78 is 5.78. The highest BCUT2D eigenvalue weighted by Gasteiger charge is 2.26. The van der Waals surface area contributed by atoms with Crippen LogP contribution in [-0.2, 0) is 4.74 Å². The minimum Gasteiger partial charge on any atom is -0.377 e. The summed E-state index contributed by atoms with van der Waals surface area (Å²) >= 11 is 2.09. The quantitative estimate of drug-likeness (QED) is 0.800. The second-order valence-electron chi connectivity index (χ2n) is 4.62. The fourth-order valence-electron chi connectivity index (χ4n) is 2.57. The van der Waals surface area contributed by atoms with E-state index in [4.69, 9.17) is 4.74 Å². The van der Waals surface area contributed by atoms with Gasteiger partial charge in [-0.05, 0) is 43.6 Å². The molecule has 0 radical (unpaired) electrons. The summed E-state index contributed by atoms with van der Waals surface area (Å²) in [6.45, 7) is 3.25. The molecule has 0 aliphatic carbocycles. The Morgan fingerprint density at radius 1 is 1.33 bits per heavy atom. The van der Waals surface area contributed by atoms with Crippen molar-refractivity contribution in [3.05, 3.63) is 0 Å². The fourth-order valence-corrected chi connectivity index (χ4v) is 3.68. The number of nitrogens with one attached hydrogen (secondary N) is 1. The average Bonchev–Trinajstić information content (AvgIpc) is 2.81. The minimum atomic E-state index is 0.490. The molecule has 0 spiro atoms. The van der Waals surface area contributed by atoms with Gasteiger partial charge in [0.25, 0.3) is 0 Å². The van der Waals surface area contributed by atoms with Gasteiger partial charge in [0.1, 0.15) is 0 Å². The van der Waals surface area contributed by atoms with Crippen molar-refractivity contribution in [1.29, 1.82) is 0 Å². The molecule has 3 heteroatoms. The molecule has 15 heavy (non-hydrogen) atoms. The van der Waals surface area contributed by atoms with Crippen LogP contribution >= 0.6 is 11.8 Å². The Kier molecular flexibility index (Phi) is 4.79. The summed E-state index contributed by atoms with van der Waals surface area (Å²) in [5, 5.41) is 3.81. The van der Waals surface area contributed by atoms with Crippen molar-refractivity contribution in [2.45, 2.75) is 57.2 Å². The average molecular weight is 229 g/mol. The van der Waals surface area contributed by atoms with E-state index in [1.165, 1.54) is 43.6 Å². The smallest absolute Gasteiger partial charge is 0.0728 e. The van der Waals surface area contributed by atoms with Crippen molar-refractivity contribution in [3.8, 4) is 0 Å². The van der Waals surface area contributed by atoms with Crippen LogP contribution in [0.5, 0.6) is 0 Å². The Morgan fingerprint density at radius 2 is 2.13 bits per heavy atom. The normalized spacial score (nSPS) is 30.6. The van der Waals surface area contributed by atoms with Crippen LogP contribution in [0.1, 0.15) is 39.0 Å². The first kappa shape index (κ1) is 11.7. The number of ether oxygens (including phenoxy) is 1. The molecule has 2 atom stereocenters. The summed E-state index contributed by atoms with van der Waals surface area (Å²) in [4.78, 5) is 0. The van der Waals surface area contributed by atoms with Crippen LogP contribution < -0.4 is 5.32 Å². The molecule has 0 aromatic heterocycles. The molecule has 0 saturated carbocycles. The lowest BCUT2D eigenvalue weighted by molar-refractivity contribution is 0.0722. The number of thioether (sulfide) groups is 1. The molecule has 2 fully saturated rings. The maximum absolute atomic E-state index is 5.78. The molecule has 88 valence electrons. The monoisotopic (exact) mass is 229 g/mol. The Hall–Kier alpha value is 0.270. The van der Waals surface area contributed by atoms with Gasteiger partial charge in [0.2, 0.25) is 0 Å². The Labute approximate surface area is 97.5 Å². The first-order valence-electron chi connectivity index (χ1n) is 6.35. The van der Waals surface area contributed by atoms with Crippen LogP contribution in [0, 0.1) is 0 Å². The summed E-state index contributed by atoms with van der Waals surface area (Å²) in [6.07, 6.45) is 6.89. The van der Waals surface area contributed by atoms with Crippen molar-refractivity contribution in [1.82, 2.24) is 5.32 Å². The third-order valence-electron chi connectivity index (χ3n) is 3.52. The third-order valence-corrected chi connectivity index (χ3v) is 4.57. The van der Waals surface area contributed by atoms with Gasteiger partial charge in [-0.15, -0.1) is 0 Å². The predicted molar refractivity (Wildman–Crippen MR) is 66.5 cm³/mol. The van der Waals surface area contributed by atoms with Crippen LogP contribution in [0.15, 0.2) is 0 Å². The molecule has 0 aromatic rings. The van der Waals surface area contributed by atoms with Gasteiger partial charge in [0.15, 0.2) is 0 Å². The SMILES string of the molecule is CC[C@@H](NC1CCSCC1)[C@H]1CCCO1. The van der Waals surface area contributed by atoms with E-state index in [-0.39, 0.29) is 0 Å². The van der Waals surface area contributed by atoms with Gasteiger partial charge in [-0.2, -0.15) is 11.8 Å². The third kappa shape index (κ3) is 3.36. The minimum absolute atomic E-state index is 0.490. The van der Waals surface area contributed by atoms with E-state index in [9.17, 15) is 0 Å². The largest absolute Gasteiger partial charge is 0.377 e. The van der Waals surface area contributed by atoms with E-state index in [1.807, 2.05) is 0 Å². The van der Waals surface area contributed by atoms with Crippen LogP contribution in [-0.4, -0.2) is 36.3 Å². The van der Waals surface area contributed by atoms with Crippen LogP contribution in [0.4, 0.5) is 0 Å². The van der Waals surface area contributed by atoms with Gasteiger partial charge in [0.05, 0.1) is 6.10 Å². The molecule has 2 rings (SSSR count). The second kappa shape index (κ2) is 6.12. The maximum atomic E-state index is 5.78. The standard InChI is InChI=1S/C12H23NOS/c1-2-11(12-4-3-7-14-12)13-10-5-8-15-9-6-10/h10-13H,2-9H2,1H3/t11-,12-/m1/s1. The Balaban J connectivity index is 1.78.